The Labute approximate surface area is 143 Å². The third kappa shape index (κ3) is 4.34. The number of carbonyl (C=O) groups excluding carboxylic acids is 1. The van der Waals surface area contributed by atoms with Gasteiger partial charge in [-0.25, -0.2) is 0 Å². The van der Waals surface area contributed by atoms with Gasteiger partial charge in [-0.2, -0.15) is 0 Å². The van der Waals surface area contributed by atoms with Gasteiger partial charge in [-0.15, -0.1) is 12.6 Å². The maximum absolute atomic E-state index is 11.1. The predicted octanol–water partition coefficient (Wildman–Crippen LogP) is 1.51. The largest absolute Gasteiger partial charge is 1.00 e. The van der Waals surface area contributed by atoms with E-state index in [-0.39, 0.29) is 29.6 Å². The summed E-state index contributed by atoms with van der Waals surface area (Å²) < 4.78 is 0. The Kier molecular flexibility index (Phi) is 6.85. The average molecular weight is 304 g/mol. The van der Waals surface area contributed by atoms with E-state index in [2.05, 4.69) is 12.6 Å². The van der Waals surface area contributed by atoms with Crippen LogP contribution in [0.3, 0.4) is 0 Å². The van der Waals surface area contributed by atoms with Crippen LogP contribution in [0.5, 0.6) is 0 Å². The van der Waals surface area contributed by atoms with E-state index in [1.165, 1.54) is 0 Å². The van der Waals surface area contributed by atoms with Crippen molar-refractivity contribution in [3.63, 3.8) is 0 Å². The number of halogens is 1. The Morgan fingerprint density at radius 2 is 1.78 bits per heavy atom. The number of benzene rings is 2. The van der Waals surface area contributed by atoms with Gasteiger partial charge in [0.05, 0.1) is 0 Å². The second-order valence-electron chi connectivity index (χ2n) is 3.37. The third-order valence-corrected chi connectivity index (χ3v) is 3.98. The minimum Gasteiger partial charge on any atom is -0.276 e. The SMILES string of the molecule is O=C(Cl)c1ccc(S)c(Sc2ccccc2)c1.[Na+]. The van der Waals surface area contributed by atoms with Gasteiger partial charge >= 0.3 is 29.6 Å². The molecule has 0 fully saturated rings. The first-order chi connectivity index (χ1) is 8.16. The van der Waals surface area contributed by atoms with Gasteiger partial charge in [0, 0.05) is 20.2 Å². The molecular formula is C13H9ClNaOS2+. The third-order valence-electron chi connectivity index (χ3n) is 2.16. The molecule has 0 N–H and O–H groups in total. The van der Waals surface area contributed by atoms with E-state index < -0.39 is 5.24 Å². The van der Waals surface area contributed by atoms with Crippen molar-refractivity contribution in [2.75, 3.05) is 0 Å². The summed E-state index contributed by atoms with van der Waals surface area (Å²) in [5, 5.41) is -0.451. The molecule has 18 heavy (non-hydrogen) atoms. The average Bonchev–Trinajstić information content (AvgIpc) is 2.33. The van der Waals surface area contributed by atoms with Crippen molar-refractivity contribution < 1.29 is 34.4 Å². The van der Waals surface area contributed by atoms with Crippen LogP contribution in [0.25, 0.3) is 0 Å². The van der Waals surface area contributed by atoms with Crippen molar-refractivity contribution in [1.82, 2.24) is 0 Å². The normalized spacial score (nSPS) is 9.67. The molecule has 0 aromatic heterocycles. The molecule has 5 heteroatoms. The first-order valence-electron chi connectivity index (χ1n) is 4.92. The van der Waals surface area contributed by atoms with Gasteiger partial charge in [0.25, 0.3) is 5.24 Å². The number of hydrogen-bond acceptors (Lipinski definition) is 3. The van der Waals surface area contributed by atoms with Gasteiger partial charge < -0.3 is 0 Å². The minimum absolute atomic E-state index is 0. The maximum Gasteiger partial charge on any atom is 1.00 e. The van der Waals surface area contributed by atoms with Crippen molar-refractivity contribution in [3.8, 4) is 0 Å². The summed E-state index contributed by atoms with van der Waals surface area (Å²) in [6.07, 6.45) is 0. The van der Waals surface area contributed by atoms with E-state index in [0.717, 1.165) is 14.7 Å². The number of thiol groups is 1. The van der Waals surface area contributed by atoms with Crippen molar-refractivity contribution in [2.45, 2.75) is 14.7 Å². The fourth-order valence-corrected chi connectivity index (χ4v) is 2.63. The molecule has 0 heterocycles. The standard InChI is InChI=1S/C13H9ClOS2.Na/c14-13(15)9-6-7-11(16)12(8-9)17-10-4-2-1-3-5-10;/h1-8,16H;/q;+1. The Bertz CT molecular complexity index is 546. The summed E-state index contributed by atoms with van der Waals surface area (Å²) in [7, 11) is 0. The van der Waals surface area contributed by atoms with Crippen LogP contribution in [0.4, 0.5) is 0 Å². The first-order valence-corrected chi connectivity index (χ1v) is 6.57. The second-order valence-corrected chi connectivity index (χ2v) is 5.31. The van der Waals surface area contributed by atoms with Crippen molar-refractivity contribution in [2.24, 2.45) is 0 Å². The molecule has 2 aromatic rings. The van der Waals surface area contributed by atoms with Crippen molar-refractivity contribution in [3.05, 3.63) is 54.1 Å². The van der Waals surface area contributed by atoms with E-state index in [0.29, 0.717) is 5.56 Å². The van der Waals surface area contributed by atoms with E-state index >= 15 is 0 Å². The molecule has 0 amide bonds. The zero-order valence-electron chi connectivity index (χ0n) is 9.76. The zero-order valence-corrected chi connectivity index (χ0v) is 14.2. The maximum atomic E-state index is 11.1. The molecule has 0 atom stereocenters. The van der Waals surface area contributed by atoms with Gasteiger partial charge in [0.15, 0.2) is 0 Å². The summed E-state index contributed by atoms with van der Waals surface area (Å²) in [5.74, 6) is 0. The predicted molar refractivity (Wildman–Crippen MR) is 74.4 cm³/mol. The molecule has 0 unspecified atom stereocenters. The Hall–Kier alpha value is 0.1000. The van der Waals surface area contributed by atoms with Crippen molar-refractivity contribution in [1.29, 1.82) is 0 Å². The van der Waals surface area contributed by atoms with E-state index in [4.69, 9.17) is 11.6 Å². The van der Waals surface area contributed by atoms with Gasteiger partial charge in [-0.3, -0.25) is 4.79 Å². The Balaban J connectivity index is 0.00000162. The fraction of sp³-hybridized carbons (Fsp3) is 0. The van der Waals surface area contributed by atoms with E-state index in [1.807, 2.05) is 30.3 Å². The van der Waals surface area contributed by atoms with Gasteiger partial charge in [-0.1, -0.05) is 30.0 Å². The molecule has 0 aliphatic rings. The molecule has 0 saturated carbocycles. The molecule has 0 saturated heterocycles. The molecule has 2 rings (SSSR count). The Morgan fingerprint density at radius 3 is 2.39 bits per heavy atom. The first kappa shape index (κ1) is 16.2. The van der Waals surface area contributed by atoms with Crippen LogP contribution < -0.4 is 29.6 Å². The second kappa shape index (κ2) is 7.63. The summed E-state index contributed by atoms with van der Waals surface area (Å²) in [4.78, 5) is 13.9. The van der Waals surface area contributed by atoms with Crippen LogP contribution in [-0.2, 0) is 0 Å². The van der Waals surface area contributed by atoms with Crippen LogP contribution in [0.15, 0.2) is 63.2 Å². The molecule has 0 radical (unpaired) electrons. The summed E-state index contributed by atoms with van der Waals surface area (Å²) in [6.45, 7) is 0. The van der Waals surface area contributed by atoms with Crippen LogP contribution in [0, 0.1) is 0 Å². The van der Waals surface area contributed by atoms with E-state index in [1.54, 1.807) is 30.0 Å². The van der Waals surface area contributed by atoms with Crippen LogP contribution in [-0.4, -0.2) is 5.24 Å². The van der Waals surface area contributed by atoms with Gasteiger partial charge in [0.2, 0.25) is 0 Å². The molecule has 2 aromatic carbocycles. The molecule has 0 aliphatic heterocycles. The quantitative estimate of drug-likeness (QED) is 0.526. The molecule has 0 spiro atoms. The van der Waals surface area contributed by atoms with Crippen LogP contribution >= 0.6 is 36.0 Å². The van der Waals surface area contributed by atoms with Crippen LogP contribution in [0.2, 0.25) is 0 Å². The van der Waals surface area contributed by atoms with Crippen molar-refractivity contribution >= 4 is 41.2 Å². The summed E-state index contributed by atoms with van der Waals surface area (Å²) in [6, 6.07) is 15.1. The smallest absolute Gasteiger partial charge is 0.276 e. The van der Waals surface area contributed by atoms with Crippen LogP contribution in [0.1, 0.15) is 10.4 Å². The summed E-state index contributed by atoms with van der Waals surface area (Å²) >= 11 is 11.4. The van der Waals surface area contributed by atoms with Gasteiger partial charge in [0.1, 0.15) is 0 Å². The molecular weight excluding hydrogens is 295 g/mol. The van der Waals surface area contributed by atoms with Gasteiger partial charge in [-0.05, 0) is 41.9 Å². The Morgan fingerprint density at radius 1 is 1.11 bits per heavy atom. The topological polar surface area (TPSA) is 17.1 Å². The molecule has 0 aliphatic carbocycles. The molecule has 86 valence electrons. The monoisotopic (exact) mass is 303 g/mol. The zero-order chi connectivity index (χ0) is 12.3. The number of hydrogen-bond donors (Lipinski definition) is 1. The number of rotatable bonds is 3. The summed E-state index contributed by atoms with van der Waals surface area (Å²) in [5.41, 5.74) is 0.489. The van der Waals surface area contributed by atoms with E-state index in [9.17, 15) is 4.79 Å². The minimum atomic E-state index is -0.451. The fourth-order valence-electron chi connectivity index (χ4n) is 1.33. The number of carbonyl (C=O) groups is 1. The molecule has 0 bridgehead atoms. The molecule has 1 nitrogen and oxygen atoms in total.